The molecule has 342 valence electrons. The molecule has 0 aromatic heterocycles. The maximum absolute atomic E-state index is 12.5. The Morgan fingerprint density at radius 1 is 0.371 bits per heavy atom. The Hall–Kier alpha value is -3.95. The molecule has 2 N–H and O–H groups in total. The van der Waals surface area contributed by atoms with Gasteiger partial charge in [0.1, 0.15) is 11.5 Å². The number of rotatable bonds is 25. The zero-order valence-electron chi connectivity index (χ0n) is 39.6. The zero-order valence-corrected chi connectivity index (χ0v) is 40.6. The van der Waals surface area contributed by atoms with Crippen molar-refractivity contribution in [2.75, 3.05) is 0 Å². The molecule has 0 amide bonds. The Bertz CT molecular complexity index is 1840. The molecule has 4 nitrogen and oxygen atoms in total. The van der Waals surface area contributed by atoms with E-state index in [4.69, 9.17) is 10.2 Å². The minimum Gasteiger partial charge on any atom is -0.508 e. The molecule has 0 saturated heterocycles. The number of hydrogen-bond donors (Lipinski definition) is 2. The number of allylic oxidation sites excluding steroid dienone is 2. The van der Waals surface area contributed by atoms with Gasteiger partial charge in [0.2, 0.25) is 11.4 Å². The topological polar surface area (TPSA) is 65.8 Å². The van der Waals surface area contributed by atoms with Crippen LogP contribution in [-0.2, 0) is 42.2 Å². The van der Waals surface area contributed by atoms with E-state index in [0.717, 1.165) is 62.8 Å². The summed E-state index contributed by atoms with van der Waals surface area (Å²) in [5.74, 6) is 0.644. The molecule has 5 heteroatoms. The van der Waals surface area contributed by atoms with Gasteiger partial charge in [-0.15, -0.1) is 0 Å². The van der Waals surface area contributed by atoms with Crippen molar-refractivity contribution in [2.45, 2.75) is 189 Å². The third-order valence-corrected chi connectivity index (χ3v) is 11.6. The Kier molecular flexibility index (Phi) is 28.6. The Labute approximate surface area is 388 Å². The quantitative estimate of drug-likeness (QED) is 0.0396. The van der Waals surface area contributed by atoms with Crippen LogP contribution in [-0.4, -0.2) is 14.9 Å². The molecule has 0 aliphatic carbocycles. The Balaban J connectivity index is 0.000000739. The third kappa shape index (κ3) is 19.6. The van der Waals surface area contributed by atoms with Crippen LogP contribution >= 0.6 is 0 Å². The van der Waals surface area contributed by atoms with E-state index in [1.807, 2.05) is 12.1 Å². The molecule has 1 aliphatic heterocycles. The molecule has 0 radical (unpaired) electrons. The molecular formula is C57H82N2NiO2. The van der Waals surface area contributed by atoms with E-state index in [1.54, 1.807) is 53.2 Å². The molecule has 62 heavy (non-hydrogen) atoms. The van der Waals surface area contributed by atoms with Crippen molar-refractivity contribution in [1.29, 1.82) is 0 Å². The summed E-state index contributed by atoms with van der Waals surface area (Å²) < 4.78 is 1.66. The number of para-hydroxylation sites is 2. The molecule has 1 aliphatic rings. The van der Waals surface area contributed by atoms with Crippen LogP contribution in [0.15, 0.2) is 108 Å². The molecule has 4 aromatic carbocycles. The SMILES string of the molecule is CCCCCCc1cc(CCCC)cc(C2=C(CCCC)C(CCCCC)=C(c3cc(CCCC)cc(CCCCCC)c3)[N+]2=[N-])c1.Oc1ccccc1.Oc1ccccc1.[Ni]. The van der Waals surface area contributed by atoms with E-state index < -0.39 is 0 Å². The largest absolute Gasteiger partial charge is 0.508 e. The molecule has 0 spiro atoms. The summed E-state index contributed by atoms with van der Waals surface area (Å²) in [6.45, 7) is 13.8. The normalized spacial score (nSPS) is 12.1. The smallest absolute Gasteiger partial charge is 0.211 e. The van der Waals surface area contributed by atoms with Crippen molar-refractivity contribution in [1.82, 2.24) is 0 Å². The predicted octanol–water partition coefficient (Wildman–Crippen LogP) is 17.3. The van der Waals surface area contributed by atoms with Gasteiger partial charge in [0.25, 0.3) is 0 Å². The van der Waals surface area contributed by atoms with Crippen molar-refractivity contribution >= 4 is 11.4 Å². The van der Waals surface area contributed by atoms with Gasteiger partial charge in [-0.3, -0.25) is 0 Å². The van der Waals surface area contributed by atoms with Crippen molar-refractivity contribution in [3.8, 4) is 11.5 Å². The summed E-state index contributed by atoms with van der Waals surface area (Å²) in [4.78, 5) is 0. The van der Waals surface area contributed by atoms with Gasteiger partial charge in [-0.2, -0.15) is 0 Å². The number of unbranched alkanes of at least 4 members (excludes halogenated alkanes) is 11. The van der Waals surface area contributed by atoms with E-state index in [0.29, 0.717) is 11.5 Å². The molecule has 4 aromatic rings. The fraction of sp³-hybridized carbons (Fsp3) is 0.509. The minimum absolute atomic E-state index is 0. The fourth-order valence-electron chi connectivity index (χ4n) is 8.20. The molecule has 0 bridgehead atoms. The number of phenols is 2. The van der Waals surface area contributed by atoms with Gasteiger partial charge >= 0.3 is 0 Å². The van der Waals surface area contributed by atoms with E-state index in [9.17, 15) is 5.53 Å². The predicted molar refractivity (Wildman–Crippen MR) is 263 cm³/mol. The second-order valence-corrected chi connectivity index (χ2v) is 17.1. The molecule has 0 saturated carbocycles. The van der Waals surface area contributed by atoms with Crippen LogP contribution in [0.1, 0.15) is 197 Å². The van der Waals surface area contributed by atoms with Crippen LogP contribution in [0.2, 0.25) is 0 Å². The van der Waals surface area contributed by atoms with Crippen molar-refractivity contribution < 1.29 is 31.4 Å². The van der Waals surface area contributed by atoms with Crippen LogP contribution in [0.5, 0.6) is 11.5 Å². The minimum atomic E-state index is 0. The van der Waals surface area contributed by atoms with Crippen molar-refractivity contribution in [2.24, 2.45) is 0 Å². The number of benzene rings is 4. The van der Waals surface area contributed by atoms with E-state index >= 15 is 0 Å². The van der Waals surface area contributed by atoms with Gasteiger partial charge in [0.15, 0.2) is 0 Å². The van der Waals surface area contributed by atoms with Crippen LogP contribution in [0.25, 0.3) is 16.9 Å². The first kappa shape index (κ1) is 54.2. The summed E-state index contributed by atoms with van der Waals surface area (Å²) in [6.07, 6.45) is 27.5. The van der Waals surface area contributed by atoms with Gasteiger partial charge < -0.3 is 15.7 Å². The average Bonchev–Trinajstić information content (AvgIpc) is 3.55. The second-order valence-electron chi connectivity index (χ2n) is 17.1. The van der Waals surface area contributed by atoms with Crippen LogP contribution in [0, 0.1) is 0 Å². The first-order chi connectivity index (χ1) is 29.8. The number of aromatic hydroxyl groups is 2. The maximum atomic E-state index is 12.5. The monoisotopic (exact) mass is 885 g/mol. The molecule has 1 heterocycles. The molecule has 5 rings (SSSR count). The first-order valence-corrected chi connectivity index (χ1v) is 24.5. The standard InChI is InChI=1S/C45H70N2.2C6H6O.Ni/c1-7-13-19-22-26-38-30-36(24-16-10-4)32-40(34-38)44-42(28-18-12-6)43(29-21-15-9-3)45(47(44)46)41-33-37(25-17-11-5)31-39(35-41)27-23-20-14-8-2;2*7-6-4-2-1-3-5-6;/h30-35H,7-29H2,1-6H3;2*1-5,7H;. The van der Waals surface area contributed by atoms with Gasteiger partial charge in [-0.25, -0.2) is 4.70 Å². The summed E-state index contributed by atoms with van der Waals surface area (Å²) in [6, 6.07) is 32.0. The van der Waals surface area contributed by atoms with Crippen LogP contribution in [0.3, 0.4) is 0 Å². The van der Waals surface area contributed by atoms with Gasteiger partial charge in [0.05, 0.1) is 0 Å². The van der Waals surface area contributed by atoms with E-state index in [2.05, 4.69) is 77.9 Å². The van der Waals surface area contributed by atoms with Crippen molar-refractivity contribution in [3.63, 3.8) is 0 Å². The third-order valence-electron chi connectivity index (χ3n) is 11.6. The zero-order chi connectivity index (χ0) is 44.1. The summed E-state index contributed by atoms with van der Waals surface area (Å²) in [5.41, 5.74) is 25.6. The Morgan fingerprint density at radius 3 is 0.984 bits per heavy atom. The number of nitrogens with zero attached hydrogens (tertiary/aromatic N) is 2. The van der Waals surface area contributed by atoms with Crippen LogP contribution in [0.4, 0.5) is 0 Å². The average molecular weight is 886 g/mol. The maximum Gasteiger partial charge on any atom is 0.211 e. The van der Waals surface area contributed by atoms with E-state index in [1.165, 1.54) is 141 Å². The number of phenolic OH excluding ortho intramolecular Hbond substituents is 2. The number of hydrogen-bond acceptors (Lipinski definition) is 2. The van der Waals surface area contributed by atoms with Crippen molar-refractivity contribution in [3.05, 3.63) is 147 Å². The van der Waals surface area contributed by atoms with Gasteiger partial charge in [-0.05, 0) is 148 Å². The first-order valence-electron chi connectivity index (χ1n) is 24.5. The fourth-order valence-corrected chi connectivity index (χ4v) is 8.20. The summed E-state index contributed by atoms with van der Waals surface area (Å²) in [5, 5.41) is 17.3. The van der Waals surface area contributed by atoms with Crippen LogP contribution < -0.4 is 0 Å². The molecule has 0 atom stereocenters. The van der Waals surface area contributed by atoms with E-state index in [-0.39, 0.29) is 16.5 Å². The Morgan fingerprint density at radius 2 is 0.661 bits per heavy atom. The number of aryl methyl sites for hydroxylation is 4. The summed E-state index contributed by atoms with van der Waals surface area (Å²) in [7, 11) is 0. The molecule has 0 fully saturated rings. The molecular weight excluding hydrogens is 803 g/mol. The molecule has 0 unspecified atom stereocenters. The van der Waals surface area contributed by atoms with Gasteiger partial charge in [-0.1, -0.05) is 161 Å². The second kappa shape index (κ2) is 32.7. The van der Waals surface area contributed by atoms with Gasteiger partial charge in [0, 0.05) is 38.8 Å². The summed E-state index contributed by atoms with van der Waals surface area (Å²) >= 11 is 0.